The summed E-state index contributed by atoms with van der Waals surface area (Å²) in [6.45, 7) is 0.595. The molecule has 4 rings (SSSR count). The van der Waals surface area contributed by atoms with Crippen molar-refractivity contribution in [3.05, 3.63) is 78.1 Å². The molecule has 1 aromatic heterocycles. The van der Waals surface area contributed by atoms with Crippen LogP contribution in [0.2, 0.25) is 0 Å². The molecular formula is C23H21FN4O2. The highest BCUT2D eigenvalue weighted by atomic mass is 19.1. The SMILES string of the molecule is COc1cc2nc(Nc3ccc(F)cc3)nc(NCc3ccccc3)c2cc1OC. The molecule has 0 spiro atoms. The third-order valence-corrected chi connectivity index (χ3v) is 4.60. The summed E-state index contributed by atoms with van der Waals surface area (Å²) >= 11 is 0. The molecule has 6 nitrogen and oxygen atoms in total. The van der Waals surface area contributed by atoms with Gasteiger partial charge < -0.3 is 20.1 Å². The number of hydrogen-bond donors (Lipinski definition) is 2. The van der Waals surface area contributed by atoms with Crippen LogP contribution in [0.4, 0.5) is 21.8 Å². The fourth-order valence-corrected chi connectivity index (χ4v) is 3.09. The van der Waals surface area contributed by atoms with E-state index in [4.69, 9.17) is 9.47 Å². The van der Waals surface area contributed by atoms with E-state index >= 15 is 0 Å². The Morgan fingerprint density at radius 2 is 1.57 bits per heavy atom. The van der Waals surface area contributed by atoms with Gasteiger partial charge in [0.05, 0.1) is 19.7 Å². The lowest BCUT2D eigenvalue weighted by molar-refractivity contribution is 0.356. The first-order chi connectivity index (χ1) is 14.7. The summed E-state index contributed by atoms with van der Waals surface area (Å²) in [7, 11) is 3.17. The predicted molar refractivity (Wildman–Crippen MR) is 116 cm³/mol. The van der Waals surface area contributed by atoms with Gasteiger partial charge in [0.1, 0.15) is 11.6 Å². The highest BCUT2D eigenvalue weighted by Crippen LogP contribution is 2.35. The summed E-state index contributed by atoms with van der Waals surface area (Å²) in [6.07, 6.45) is 0. The fraction of sp³-hybridized carbons (Fsp3) is 0.130. The van der Waals surface area contributed by atoms with Gasteiger partial charge in [0.15, 0.2) is 11.5 Å². The van der Waals surface area contributed by atoms with E-state index in [0.29, 0.717) is 41.0 Å². The molecule has 2 N–H and O–H groups in total. The average molecular weight is 404 g/mol. The summed E-state index contributed by atoms with van der Waals surface area (Å²) in [5.74, 6) is 1.90. The first kappa shape index (κ1) is 19.4. The molecular weight excluding hydrogens is 383 g/mol. The van der Waals surface area contributed by atoms with E-state index in [0.717, 1.165) is 10.9 Å². The Labute approximate surface area is 173 Å². The smallest absolute Gasteiger partial charge is 0.229 e. The minimum absolute atomic E-state index is 0.304. The van der Waals surface area contributed by atoms with Crippen LogP contribution in [0.25, 0.3) is 10.9 Å². The van der Waals surface area contributed by atoms with Crippen LogP contribution >= 0.6 is 0 Å². The first-order valence-corrected chi connectivity index (χ1v) is 9.40. The van der Waals surface area contributed by atoms with Gasteiger partial charge in [-0.3, -0.25) is 0 Å². The van der Waals surface area contributed by atoms with Crippen molar-refractivity contribution in [1.29, 1.82) is 0 Å². The average Bonchev–Trinajstić information content (AvgIpc) is 2.78. The number of ether oxygens (including phenoxy) is 2. The standard InChI is InChI=1S/C23H21FN4O2/c1-29-20-12-18-19(13-21(20)30-2)27-23(26-17-10-8-16(24)9-11-17)28-22(18)25-14-15-6-4-3-5-7-15/h3-13H,14H2,1-2H3,(H2,25,26,27,28). The molecule has 0 aliphatic carbocycles. The summed E-state index contributed by atoms with van der Waals surface area (Å²) in [6, 6.07) is 19.7. The number of benzene rings is 3. The Bertz CT molecular complexity index is 1150. The predicted octanol–water partition coefficient (Wildman–Crippen LogP) is 5.14. The third-order valence-electron chi connectivity index (χ3n) is 4.60. The molecule has 3 aromatic carbocycles. The number of halogens is 1. The van der Waals surface area contributed by atoms with E-state index in [2.05, 4.69) is 20.6 Å². The number of rotatable bonds is 7. The van der Waals surface area contributed by atoms with Crippen LogP contribution in [0.15, 0.2) is 66.7 Å². The Kier molecular flexibility index (Phi) is 5.61. The molecule has 0 atom stereocenters. The molecule has 0 fully saturated rings. The Balaban J connectivity index is 1.75. The van der Waals surface area contributed by atoms with Crippen LogP contribution in [0.3, 0.4) is 0 Å². The maximum atomic E-state index is 13.2. The van der Waals surface area contributed by atoms with Crippen LogP contribution in [0.1, 0.15) is 5.56 Å². The summed E-state index contributed by atoms with van der Waals surface area (Å²) in [5, 5.41) is 7.31. The molecule has 0 amide bonds. The Hall–Kier alpha value is -3.87. The van der Waals surface area contributed by atoms with E-state index < -0.39 is 0 Å². The number of anilines is 3. The van der Waals surface area contributed by atoms with Crippen LogP contribution in [0, 0.1) is 5.82 Å². The molecule has 0 bridgehead atoms. The van der Waals surface area contributed by atoms with Gasteiger partial charge in [0.2, 0.25) is 5.95 Å². The van der Waals surface area contributed by atoms with E-state index in [-0.39, 0.29) is 5.82 Å². The van der Waals surface area contributed by atoms with Gasteiger partial charge in [0.25, 0.3) is 0 Å². The number of nitrogens with zero attached hydrogens (tertiary/aromatic N) is 2. The van der Waals surface area contributed by atoms with Gasteiger partial charge in [-0.15, -0.1) is 0 Å². The van der Waals surface area contributed by atoms with Crippen molar-refractivity contribution in [2.75, 3.05) is 24.9 Å². The third kappa shape index (κ3) is 4.25. The highest BCUT2D eigenvalue weighted by Gasteiger charge is 2.13. The molecule has 0 unspecified atom stereocenters. The molecule has 30 heavy (non-hydrogen) atoms. The lowest BCUT2D eigenvalue weighted by Gasteiger charge is -2.14. The van der Waals surface area contributed by atoms with Crippen molar-refractivity contribution < 1.29 is 13.9 Å². The van der Waals surface area contributed by atoms with Gasteiger partial charge in [0, 0.05) is 23.7 Å². The molecule has 4 aromatic rings. The highest BCUT2D eigenvalue weighted by molar-refractivity contribution is 5.93. The lowest BCUT2D eigenvalue weighted by atomic mass is 10.2. The van der Waals surface area contributed by atoms with E-state index in [1.807, 2.05) is 36.4 Å². The minimum atomic E-state index is -0.304. The van der Waals surface area contributed by atoms with Crippen molar-refractivity contribution in [3.63, 3.8) is 0 Å². The second-order valence-corrected chi connectivity index (χ2v) is 6.59. The van der Waals surface area contributed by atoms with E-state index in [1.165, 1.54) is 12.1 Å². The van der Waals surface area contributed by atoms with Gasteiger partial charge in [-0.2, -0.15) is 4.98 Å². The molecule has 1 heterocycles. The van der Waals surface area contributed by atoms with Gasteiger partial charge >= 0.3 is 0 Å². The number of hydrogen-bond acceptors (Lipinski definition) is 6. The van der Waals surface area contributed by atoms with Gasteiger partial charge in [-0.1, -0.05) is 30.3 Å². The van der Waals surface area contributed by atoms with Crippen LogP contribution in [-0.4, -0.2) is 24.2 Å². The second-order valence-electron chi connectivity index (χ2n) is 6.59. The monoisotopic (exact) mass is 404 g/mol. The van der Waals surface area contributed by atoms with Crippen LogP contribution in [-0.2, 0) is 6.54 Å². The van der Waals surface area contributed by atoms with E-state index in [1.54, 1.807) is 32.4 Å². The molecule has 7 heteroatoms. The number of aromatic nitrogens is 2. The summed E-state index contributed by atoms with van der Waals surface area (Å²) in [5.41, 5.74) is 2.49. The quantitative estimate of drug-likeness (QED) is 0.444. The number of fused-ring (bicyclic) bond motifs is 1. The van der Waals surface area contributed by atoms with Crippen molar-refractivity contribution in [2.24, 2.45) is 0 Å². The van der Waals surface area contributed by atoms with E-state index in [9.17, 15) is 4.39 Å². The fourth-order valence-electron chi connectivity index (χ4n) is 3.09. The molecule has 152 valence electrons. The minimum Gasteiger partial charge on any atom is -0.493 e. The Morgan fingerprint density at radius 3 is 2.27 bits per heavy atom. The maximum Gasteiger partial charge on any atom is 0.229 e. The summed E-state index contributed by atoms with van der Waals surface area (Å²) in [4.78, 5) is 9.24. The zero-order valence-corrected chi connectivity index (χ0v) is 16.6. The number of methoxy groups -OCH3 is 2. The number of nitrogens with one attached hydrogen (secondary N) is 2. The summed E-state index contributed by atoms with van der Waals surface area (Å²) < 4.78 is 24.1. The zero-order valence-electron chi connectivity index (χ0n) is 16.6. The van der Waals surface area contributed by atoms with Crippen LogP contribution < -0.4 is 20.1 Å². The maximum absolute atomic E-state index is 13.2. The van der Waals surface area contributed by atoms with Gasteiger partial charge in [-0.05, 0) is 35.9 Å². The first-order valence-electron chi connectivity index (χ1n) is 9.40. The lowest BCUT2D eigenvalue weighted by Crippen LogP contribution is -2.06. The normalized spacial score (nSPS) is 10.6. The van der Waals surface area contributed by atoms with Crippen LogP contribution in [0.5, 0.6) is 11.5 Å². The van der Waals surface area contributed by atoms with Crippen molar-refractivity contribution in [2.45, 2.75) is 6.54 Å². The molecule has 0 saturated carbocycles. The second kappa shape index (κ2) is 8.65. The zero-order chi connectivity index (χ0) is 20.9. The topological polar surface area (TPSA) is 68.3 Å². The van der Waals surface area contributed by atoms with Crippen molar-refractivity contribution in [3.8, 4) is 11.5 Å². The molecule has 0 saturated heterocycles. The van der Waals surface area contributed by atoms with Crippen molar-refractivity contribution >= 4 is 28.4 Å². The largest absolute Gasteiger partial charge is 0.493 e. The van der Waals surface area contributed by atoms with Gasteiger partial charge in [-0.25, -0.2) is 9.37 Å². The van der Waals surface area contributed by atoms with Crippen molar-refractivity contribution in [1.82, 2.24) is 9.97 Å². The molecule has 0 aliphatic heterocycles. The molecule has 0 aliphatic rings. The Morgan fingerprint density at radius 1 is 0.867 bits per heavy atom. The molecule has 0 radical (unpaired) electrons.